The molecule has 1 atom stereocenters. The summed E-state index contributed by atoms with van der Waals surface area (Å²) in [5.74, 6) is 0.218. The number of amides is 1. The summed E-state index contributed by atoms with van der Waals surface area (Å²) in [5, 5.41) is 6.69. The van der Waals surface area contributed by atoms with Crippen molar-refractivity contribution in [2.75, 3.05) is 44.3 Å². The van der Waals surface area contributed by atoms with Crippen LogP contribution in [-0.4, -0.2) is 65.7 Å². The monoisotopic (exact) mass is 464 g/mol. The Balaban J connectivity index is 1.53. The van der Waals surface area contributed by atoms with Crippen LogP contribution in [0.2, 0.25) is 0 Å². The molecule has 2 fully saturated rings. The number of anilines is 1. The van der Waals surface area contributed by atoms with Crippen molar-refractivity contribution in [3.8, 4) is 0 Å². The molecule has 0 aliphatic carbocycles. The molecule has 0 radical (unpaired) electrons. The maximum atomic E-state index is 13.5. The molecule has 9 nitrogen and oxygen atoms in total. The predicted molar refractivity (Wildman–Crippen MR) is 129 cm³/mol. The molecule has 1 unspecified atom stereocenters. The molecule has 10 heteroatoms. The highest BCUT2D eigenvalue weighted by Crippen LogP contribution is 2.31. The zero-order chi connectivity index (χ0) is 22.4. The molecule has 3 aromatic heterocycles. The van der Waals surface area contributed by atoms with Crippen molar-refractivity contribution >= 4 is 49.3 Å². The third-order valence-electron chi connectivity index (χ3n) is 6.36. The number of benzene rings is 1. The van der Waals surface area contributed by atoms with Crippen molar-refractivity contribution in [1.29, 1.82) is 0 Å². The van der Waals surface area contributed by atoms with Crippen molar-refractivity contribution in [2.45, 2.75) is 18.9 Å². The van der Waals surface area contributed by atoms with Gasteiger partial charge >= 0.3 is 0 Å². The first-order chi connectivity index (χ1) is 16.2. The normalized spacial score (nSPS) is 19.0. The molecule has 2 aliphatic rings. The van der Waals surface area contributed by atoms with E-state index < -0.39 is 0 Å². The second-order valence-electron chi connectivity index (χ2n) is 8.42. The van der Waals surface area contributed by atoms with Crippen LogP contribution in [0.25, 0.3) is 26.1 Å². The van der Waals surface area contributed by atoms with Gasteiger partial charge in [-0.3, -0.25) is 14.0 Å². The molecule has 0 bridgehead atoms. The van der Waals surface area contributed by atoms with Crippen LogP contribution in [-0.2, 0) is 4.74 Å². The zero-order valence-electron chi connectivity index (χ0n) is 18.0. The van der Waals surface area contributed by atoms with Gasteiger partial charge in [0.1, 0.15) is 10.4 Å². The number of hydrogen-bond acceptors (Lipinski definition) is 8. The van der Waals surface area contributed by atoms with E-state index in [9.17, 15) is 9.59 Å². The third-order valence-corrected chi connectivity index (χ3v) is 7.51. The SMILES string of the molecule is O=C(NCC1CCCN1)c1c(=O)c2cnc(N3CCOCC3)nc2n2c1sc1ccccc12. The van der Waals surface area contributed by atoms with E-state index in [0.29, 0.717) is 54.7 Å². The fraction of sp³-hybridized carbons (Fsp3) is 0.391. The van der Waals surface area contributed by atoms with Gasteiger partial charge in [0.2, 0.25) is 11.4 Å². The average Bonchev–Trinajstić information content (AvgIpc) is 3.51. The number of aromatic nitrogens is 3. The average molecular weight is 465 g/mol. The number of nitrogens with zero attached hydrogens (tertiary/aromatic N) is 4. The van der Waals surface area contributed by atoms with E-state index in [2.05, 4.69) is 20.5 Å². The van der Waals surface area contributed by atoms with Crippen LogP contribution in [0.15, 0.2) is 35.3 Å². The van der Waals surface area contributed by atoms with Gasteiger partial charge < -0.3 is 20.3 Å². The van der Waals surface area contributed by atoms with Crippen molar-refractivity contribution in [3.05, 3.63) is 46.2 Å². The fourth-order valence-electron chi connectivity index (χ4n) is 4.64. The quantitative estimate of drug-likeness (QED) is 0.475. The maximum Gasteiger partial charge on any atom is 0.258 e. The lowest BCUT2D eigenvalue weighted by atomic mass is 10.2. The Kier molecular flexibility index (Phi) is 5.20. The molecule has 170 valence electrons. The summed E-state index contributed by atoms with van der Waals surface area (Å²) in [6.07, 6.45) is 3.68. The Morgan fingerprint density at radius 2 is 2.12 bits per heavy atom. The molecule has 33 heavy (non-hydrogen) atoms. The van der Waals surface area contributed by atoms with Gasteiger partial charge in [-0.2, -0.15) is 4.98 Å². The van der Waals surface area contributed by atoms with Gasteiger partial charge in [-0.1, -0.05) is 12.1 Å². The first-order valence-electron chi connectivity index (χ1n) is 11.3. The van der Waals surface area contributed by atoms with Crippen LogP contribution >= 0.6 is 11.3 Å². The van der Waals surface area contributed by atoms with Crippen LogP contribution in [0.3, 0.4) is 0 Å². The van der Waals surface area contributed by atoms with E-state index in [0.717, 1.165) is 29.6 Å². The van der Waals surface area contributed by atoms with Gasteiger partial charge in [-0.05, 0) is 31.5 Å². The Bertz CT molecular complexity index is 1420. The molecule has 2 aliphatic heterocycles. The minimum atomic E-state index is -0.350. The van der Waals surface area contributed by atoms with Crippen LogP contribution in [0.4, 0.5) is 5.95 Å². The summed E-state index contributed by atoms with van der Waals surface area (Å²) in [6, 6.07) is 8.14. The van der Waals surface area contributed by atoms with Crippen LogP contribution in [0.1, 0.15) is 23.2 Å². The standard InChI is InChI=1S/C23H24N6O3S/c30-19-15-13-26-23(28-8-10-32-11-9-28)27-20(15)29-16-5-1-2-6-17(16)33-22(29)18(19)21(31)25-12-14-4-3-7-24-14/h1-2,5-6,13-14,24H,3-4,7-12H2,(H,25,31). The first-order valence-corrected chi connectivity index (χ1v) is 12.1. The lowest BCUT2D eigenvalue weighted by molar-refractivity contribution is 0.0951. The van der Waals surface area contributed by atoms with E-state index in [4.69, 9.17) is 9.72 Å². The Morgan fingerprint density at radius 3 is 2.94 bits per heavy atom. The predicted octanol–water partition coefficient (Wildman–Crippen LogP) is 1.78. The summed E-state index contributed by atoms with van der Waals surface area (Å²) in [5.41, 5.74) is 1.27. The second-order valence-corrected chi connectivity index (χ2v) is 9.46. The van der Waals surface area contributed by atoms with Crippen molar-refractivity contribution in [3.63, 3.8) is 0 Å². The van der Waals surface area contributed by atoms with Crippen molar-refractivity contribution in [2.24, 2.45) is 0 Å². The molecular weight excluding hydrogens is 440 g/mol. The molecule has 4 aromatic rings. The molecule has 2 N–H and O–H groups in total. The Hall–Kier alpha value is -3.08. The van der Waals surface area contributed by atoms with E-state index in [1.54, 1.807) is 6.20 Å². The van der Waals surface area contributed by atoms with E-state index in [-0.39, 0.29) is 22.9 Å². The van der Waals surface area contributed by atoms with Crippen LogP contribution in [0, 0.1) is 0 Å². The number of carbonyl (C=O) groups excluding carboxylic acids is 1. The molecule has 1 aromatic carbocycles. The van der Waals surface area contributed by atoms with E-state index >= 15 is 0 Å². The molecule has 0 spiro atoms. The topological polar surface area (TPSA) is 101 Å². The highest BCUT2D eigenvalue weighted by atomic mass is 32.1. The minimum absolute atomic E-state index is 0.157. The summed E-state index contributed by atoms with van der Waals surface area (Å²) < 4.78 is 8.37. The minimum Gasteiger partial charge on any atom is -0.378 e. The number of morpholine rings is 1. The fourth-order valence-corrected chi connectivity index (χ4v) is 5.82. The lowest BCUT2D eigenvalue weighted by Crippen LogP contribution is -2.39. The summed E-state index contributed by atoms with van der Waals surface area (Å²) in [6.45, 7) is 4.09. The number of thiazole rings is 1. The molecule has 6 rings (SSSR count). The zero-order valence-corrected chi connectivity index (χ0v) is 18.9. The van der Waals surface area contributed by atoms with Crippen LogP contribution in [0.5, 0.6) is 0 Å². The molecule has 1 amide bonds. The largest absolute Gasteiger partial charge is 0.378 e. The number of rotatable bonds is 4. The molecule has 5 heterocycles. The Labute approximate surface area is 193 Å². The lowest BCUT2D eigenvalue weighted by Gasteiger charge is -2.26. The number of para-hydroxylation sites is 1. The highest BCUT2D eigenvalue weighted by Gasteiger charge is 2.25. The smallest absolute Gasteiger partial charge is 0.258 e. The first kappa shape index (κ1) is 20.5. The third kappa shape index (κ3) is 3.54. The van der Waals surface area contributed by atoms with Gasteiger partial charge in [-0.25, -0.2) is 4.98 Å². The van der Waals surface area contributed by atoms with Crippen LogP contribution < -0.4 is 21.0 Å². The second kappa shape index (κ2) is 8.36. The number of hydrogen-bond donors (Lipinski definition) is 2. The van der Waals surface area contributed by atoms with Gasteiger partial charge in [0, 0.05) is 31.9 Å². The maximum absolute atomic E-state index is 13.5. The summed E-state index contributed by atoms with van der Waals surface area (Å²) in [7, 11) is 0. The summed E-state index contributed by atoms with van der Waals surface area (Å²) in [4.78, 5) is 38.8. The molecule has 0 saturated carbocycles. The van der Waals surface area contributed by atoms with E-state index in [1.165, 1.54) is 11.3 Å². The molecule has 2 saturated heterocycles. The number of nitrogens with one attached hydrogen (secondary N) is 2. The van der Waals surface area contributed by atoms with Gasteiger partial charge in [0.25, 0.3) is 5.91 Å². The number of ether oxygens (including phenoxy) is 1. The van der Waals surface area contributed by atoms with Gasteiger partial charge in [0.05, 0.1) is 28.8 Å². The van der Waals surface area contributed by atoms with Gasteiger partial charge in [0.15, 0.2) is 5.65 Å². The van der Waals surface area contributed by atoms with E-state index in [1.807, 2.05) is 28.7 Å². The Morgan fingerprint density at radius 1 is 1.27 bits per heavy atom. The van der Waals surface area contributed by atoms with Crippen molar-refractivity contribution < 1.29 is 9.53 Å². The molecular formula is C23H24N6O3S. The van der Waals surface area contributed by atoms with Crippen molar-refractivity contribution in [1.82, 2.24) is 25.0 Å². The number of carbonyl (C=O) groups is 1. The number of pyridine rings is 1. The van der Waals surface area contributed by atoms with Gasteiger partial charge in [-0.15, -0.1) is 11.3 Å². The number of fused-ring (bicyclic) bond motifs is 5. The summed E-state index contributed by atoms with van der Waals surface area (Å²) >= 11 is 1.44. The highest BCUT2D eigenvalue weighted by molar-refractivity contribution is 7.24.